The number of nitrogens with one attached hydrogen (secondary N) is 1. The summed E-state index contributed by atoms with van der Waals surface area (Å²) in [5.41, 5.74) is 3.12. The number of rotatable bonds is 7. The maximum atomic E-state index is 5.77. The highest BCUT2D eigenvalue weighted by molar-refractivity contribution is 7.80. The molecule has 0 bridgehead atoms. The van der Waals surface area contributed by atoms with Crippen LogP contribution in [0.25, 0.3) is 5.69 Å². The zero-order valence-electron chi connectivity index (χ0n) is 17.7. The third-order valence-corrected chi connectivity index (χ3v) is 5.97. The highest BCUT2D eigenvalue weighted by atomic mass is 32.1. The van der Waals surface area contributed by atoms with Crippen LogP contribution in [0.3, 0.4) is 0 Å². The average molecular weight is 445 g/mol. The molecule has 4 heterocycles. The van der Waals surface area contributed by atoms with Gasteiger partial charge in [0, 0.05) is 23.8 Å². The van der Waals surface area contributed by atoms with Gasteiger partial charge in [-0.2, -0.15) is 0 Å². The maximum absolute atomic E-state index is 5.77. The number of ether oxygens (including phenoxy) is 1. The number of aromatic nitrogens is 2. The predicted octanol–water partition coefficient (Wildman–Crippen LogP) is 5.04. The van der Waals surface area contributed by atoms with Crippen molar-refractivity contribution in [2.45, 2.75) is 25.6 Å². The number of pyridine rings is 1. The van der Waals surface area contributed by atoms with Gasteiger partial charge in [0.05, 0.1) is 37.2 Å². The standard InChI is InChI=1S/C25H24N4O2S/c1-2-30-19-12-10-18(11-13-19)28-15-5-9-22(28)24-23(21-8-3-4-14-26-21)27-25(32)29(24)17-20-7-6-16-31-20/h3-16,23-24H,2,17H2,1H3,(H,27,32)/t23-,24-/m1/s1. The van der Waals surface area contributed by atoms with Crippen LogP contribution in [0.4, 0.5) is 0 Å². The van der Waals surface area contributed by atoms with E-state index in [0.717, 1.165) is 28.6 Å². The molecule has 0 unspecified atom stereocenters. The Morgan fingerprint density at radius 1 is 1.06 bits per heavy atom. The number of hydrogen-bond donors (Lipinski definition) is 1. The van der Waals surface area contributed by atoms with Crippen molar-refractivity contribution in [3.63, 3.8) is 0 Å². The molecule has 3 aromatic heterocycles. The first-order valence-corrected chi connectivity index (χ1v) is 11.1. The van der Waals surface area contributed by atoms with E-state index in [-0.39, 0.29) is 12.1 Å². The summed E-state index contributed by atoms with van der Waals surface area (Å²) in [4.78, 5) is 6.80. The molecule has 6 nitrogen and oxygen atoms in total. The molecule has 32 heavy (non-hydrogen) atoms. The van der Waals surface area contributed by atoms with E-state index >= 15 is 0 Å². The molecule has 162 valence electrons. The topological polar surface area (TPSA) is 55.5 Å². The Morgan fingerprint density at radius 3 is 2.66 bits per heavy atom. The number of nitrogens with zero attached hydrogens (tertiary/aromatic N) is 3. The fraction of sp³-hybridized carbons (Fsp3) is 0.200. The minimum absolute atomic E-state index is 0.0657. The molecule has 1 N–H and O–H groups in total. The van der Waals surface area contributed by atoms with Gasteiger partial charge < -0.3 is 23.9 Å². The van der Waals surface area contributed by atoms with Gasteiger partial charge in [0.25, 0.3) is 0 Å². The molecule has 1 aliphatic rings. The van der Waals surface area contributed by atoms with Gasteiger partial charge in [-0.3, -0.25) is 4.98 Å². The average Bonchev–Trinajstić information content (AvgIpc) is 3.57. The molecule has 0 spiro atoms. The van der Waals surface area contributed by atoms with Crippen LogP contribution in [0, 0.1) is 0 Å². The van der Waals surface area contributed by atoms with E-state index in [9.17, 15) is 0 Å². The molecular formula is C25H24N4O2S. The van der Waals surface area contributed by atoms with Crippen molar-refractivity contribution in [2.24, 2.45) is 0 Å². The van der Waals surface area contributed by atoms with Gasteiger partial charge >= 0.3 is 0 Å². The van der Waals surface area contributed by atoms with Crippen LogP contribution in [0.5, 0.6) is 5.75 Å². The molecule has 4 aromatic rings. The first-order chi connectivity index (χ1) is 15.7. The van der Waals surface area contributed by atoms with Crippen molar-refractivity contribution in [2.75, 3.05) is 6.61 Å². The third-order valence-electron chi connectivity index (χ3n) is 5.61. The van der Waals surface area contributed by atoms with Crippen LogP contribution < -0.4 is 10.1 Å². The van der Waals surface area contributed by atoms with Gasteiger partial charge in [0.1, 0.15) is 11.5 Å². The van der Waals surface area contributed by atoms with E-state index in [1.54, 1.807) is 6.26 Å². The zero-order chi connectivity index (χ0) is 21.9. The number of furan rings is 1. The lowest BCUT2D eigenvalue weighted by Crippen LogP contribution is -2.29. The van der Waals surface area contributed by atoms with Gasteiger partial charge in [-0.15, -0.1) is 0 Å². The number of thiocarbonyl (C=S) groups is 1. The number of benzene rings is 1. The SMILES string of the molecule is CCOc1ccc(-n2cccc2[C@@H]2[C@@H](c3ccccn3)NC(=S)N2Cc2ccco2)cc1. The smallest absolute Gasteiger partial charge is 0.170 e. The van der Waals surface area contributed by atoms with Gasteiger partial charge in [-0.25, -0.2) is 0 Å². The fourth-order valence-corrected chi connectivity index (χ4v) is 4.51. The molecule has 1 aliphatic heterocycles. The van der Waals surface area contributed by atoms with Crippen molar-refractivity contribution < 1.29 is 9.15 Å². The van der Waals surface area contributed by atoms with Crippen molar-refractivity contribution in [3.05, 3.63) is 103 Å². The first-order valence-electron chi connectivity index (χ1n) is 10.7. The summed E-state index contributed by atoms with van der Waals surface area (Å²) in [6.07, 6.45) is 5.58. The zero-order valence-corrected chi connectivity index (χ0v) is 18.5. The van der Waals surface area contributed by atoms with Crippen molar-refractivity contribution >= 4 is 17.3 Å². The monoisotopic (exact) mass is 444 g/mol. The largest absolute Gasteiger partial charge is 0.494 e. The Morgan fingerprint density at radius 2 is 1.94 bits per heavy atom. The summed E-state index contributed by atoms with van der Waals surface area (Å²) in [7, 11) is 0. The van der Waals surface area contributed by atoms with E-state index in [0.29, 0.717) is 18.3 Å². The van der Waals surface area contributed by atoms with Crippen LogP contribution in [-0.4, -0.2) is 26.2 Å². The van der Waals surface area contributed by atoms with Crippen molar-refractivity contribution in [3.8, 4) is 11.4 Å². The van der Waals surface area contributed by atoms with Gasteiger partial charge in [0.2, 0.25) is 0 Å². The molecule has 1 fully saturated rings. The second-order valence-corrected chi connectivity index (χ2v) is 7.95. The van der Waals surface area contributed by atoms with Crippen molar-refractivity contribution in [1.29, 1.82) is 0 Å². The van der Waals surface area contributed by atoms with E-state index in [4.69, 9.17) is 21.4 Å². The summed E-state index contributed by atoms with van der Waals surface area (Å²) >= 11 is 5.77. The maximum Gasteiger partial charge on any atom is 0.170 e. The molecular weight excluding hydrogens is 420 g/mol. The summed E-state index contributed by atoms with van der Waals surface area (Å²) < 4.78 is 13.4. The molecule has 5 rings (SSSR count). The van der Waals surface area contributed by atoms with Gasteiger partial charge in [0.15, 0.2) is 5.11 Å². The molecule has 0 amide bonds. The second kappa shape index (κ2) is 8.88. The Kier molecular flexibility index (Phi) is 5.64. The fourth-order valence-electron chi connectivity index (χ4n) is 4.21. The molecule has 0 aliphatic carbocycles. The summed E-state index contributed by atoms with van der Waals surface area (Å²) in [5, 5.41) is 4.18. The molecule has 0 radical (unpaired) electrons. The summed E-state index contributed by atoms with van der Waals surface area (Å²) in [5.74, 6) is 1.72. The van der Waals surface area contributed by atoms with Gasteiger partial charge in [-0.1, -0.05) is 6.07 Å². The Hall–Kier alpha value is -3.58. The third kappa shape index (κ3) is 3.87. The minimum Gasteiger partial charge on any atom is -0.494 e. The Labute approximate surface area is 192 Å². The van der Waals surface area contributed by atoms with E-state index in [1.807, 2.05) is 55.6 Å². The predicted molar refractivity (Wildman–Crippen MR) is 127 cm³/mol. The highest BCUT2D eigenvalue weighted by Gasteiger charge is 2.41. The molecule has 0 saturated carbocycles. The van der Waals surface area contributed by atoms with Crippen molar-refractivity contribution in [1.82, 2.24) is 19.8 Å². The lowest BCUT2D eigenvalue weighted by Gasteiger charge is -2.28. The van der Waals surface area contributed by atoms with Gasteiger partial charge in [-0.05, 0) is 79.8 Å². The van der Waals surface area contributed by atoms with Crippen LogP contribution in [0.2, 0.25) is 0 Å². The normalized spacial score (nSPS) is 18.0. The van der Waals surface area contributed by atoms with E-state index in [1.165, 1.54) is 0 Å². The van der Waals surface area contributed by atoms with E-state index in [2.05, 4.69) is 50.2 Å². The Bertz CT molecular complexity index is 1170. The Balaban J connectivity index is 1.56. The first kappa shape index (κ1) is 20.3. The molecule has 1 saturated heterocycles. The molecule has 2 atom stereocenters. The summed E-state index contributed by atoms with van der Waals surface area (Å²) in [6.45, 7) is 3.20. The highest BCUT2D eigenvalue weighted by Crippen LogP contribution is 2.40. The van der Waals surface area contributed by atoms with Crippen LogP contribution in [-0.2, 0) is 6.54 Å². The summed E-state index contributed by atoms with van der Waals surface area (Å²) in [6, 6.07) is 22.0. The minimum atomic E-state index is -0.0880. The number of hydrogen-bond acceptors (Lipinski definition) is 4. The van der Waals surface area contributed by atoms with E-state index < -0.39 is 0 Å². The van der Waals surface area contributed by atoms with Crippen LogP contribution in [0.15, 0.2) is 89.8 Å². The van der Waals surface area contributed by atoms with Crippen LogP contribution in [0.1, 0.15) is 36.2 Å². The lowest BCUT2D eigenvalue weighted by molar-refractivity contribution is 0.280. The van der Waals surface area contributed by atoms with Crippen LogP contribution >= 0.6 is 12.2 Å². The molecule has 7 heteroatoms. The second-order valence-electron chi connectivity index (χ2n) is 7.56. The molecule has 1 aromatic carbocycles. The quantitative estimate of drug-likeness (QED) is 0.403. The lowest BCUT2D eigenvalue weighted by atomic mass is 10.0.